The number of esters is 1. The molecule has 34 heavy (non-hydrogen) atoms. The number of thiol groups is 1. The fourth-order valence-electron chi connectivity index (χ4n) is 4.46. The zero-order valence-corrected chi connectivity index (χ0v) is 20.4. The molecule has 1 aliphatic carbocycles. The van der Waals surface area contributed by atoms with Crippen LogP contribution in [-0.4, -0.2) is 51.4 Å². The molecule has 1 saturated carbocycles. The summed E-state index contributed by atoms with van der Waals surface area (Å²) in [5.74, 6) is -0.363. The zero-order valence-electron chi connectivity index (χ0n) is 19.5. The van der Waals surface area contributed by atoms with E-state index in [9.17, 15) is 14.0 Å². The highest BCUT2D eigenvalue weighted by atomic mass is 32.1. The summed E-state index contributed by atoms with van der Waals surface area (Å²) in [6.45, 7) is 4.02. The van der Waals surface area contributed by atoms with Crippen molar-refractivity contribution in [2.75, 3.05) is 19.7 Å². The molecule has 8 heteroatoms. The van der Waals surface area contributed by atoms with Gasteiger partial charge in [-0.3, -0.25) is 19.2 Å². The second-order valence-corrected chi connectivity index (χ2v) is 9.65. The first-order chi connectivity index (χ1) is 16.5. The van der Waals surface area contributed by atoms with Gasteiger partial charge in [0.05, 0.1) is 25.4 Å². The third-order valence-corrected chi connectivity index (χ3v) is 7.06. The van der Waals surface area contributed by atoms with E-state index in [0.29, 0.717) is 44.6 Å². The second-order valence-electron chi connectivity index (χ2n) is 9.03. The number of Topliss-reactive ketones (excluding diaryl/α,β-unsaturated/α-hetero) is 1. The minimum atomic E-state index is -0.558. The van der Waals surface area contributed by atoms with Crippen LogP contribution >= 0.6 is 12.6 Å². The number of aryl methyl sites for hydroxylation is 1. The van der Waals surface area contributed by atoms with Crippen LogP contribution in [0.5, 0.6) is 0 Å². The lowest BCUT2D eigenvalue weighted by Crippen LogP contribution is -2.42. The molecule has 4 rings (SSSR count). The number of allylic oxidation sites excluding steroid dienone is 1. The summed E-state index contributed by atoms with van der Waals surface area (Å²) in [4.78, 5) is 26.9. The molecule has 2 heterocycles. The van der Waals surface area contributed by atoms with Crippen LogP contribution in [0, 0.1) is 11.7 Å². The average molecular weight is 486 g/mol. The third-order valence-electron chi connectivity index (χ3n) is 6.47. The van der Waals surface area contributed by atoms with Crippen molar-refractivity contribution in [3.05, 3.63) is 65.3 Å². The Labute approximate surface area is 205 Å². The standard InChI is InChI=1S/C26H32FN3O3S/c1-2-33-24(31)10-7-18-15-28-30(16-18)14-11-20-17-29(13-12-23(20)34)25(26(32)19-8-9-19)21-5-3-4-6-22(21)27/h3-6,11,15-16,19,23,25,34H,2,7-10,12-14,17H2,1H3/b20-11+. The molecule has 2 atom stereocenters. The number of ether oxygens (including phenoxy) is 1. The number of hydrogen-bond donors (Lipinski definition) is 1. The van der Waals surface area contributed by atoms with E-state index in [1.165, 1.54) is 6.07 Å². The Hall–Kier alpha value is -2.45. The molecule has 2 aliphatic rings. The zero-order chi connectivity index (χ0) is 24.1. The lowest BCUT2D eigenvalue weighted by molar-refractivity contribution is -0.143. The minimum Gasteiger partial charge on any atom is -0.466 e. The number of likely N-dealkylation sites (tertiary alicyclic amines) is 1. The molecule has 2 aromatic rings. The fraction of sp³-hybridized carbons (Fsp3) is 0.500. The average Bonchev–Trinajstić information content (AvgIpc) is 3.58. The van der Waals surface area contributed by atoms with E-state index in [-0.39, 0.29) is 28.7 Å². The molecule has 0 N–H and O–H groups in total. The number of nitrogens with zero attached hydrogens (tertiary/aromatic N) is 3. The Balaban J connectivity index is 1.44. The van der Waals surface area contributed by atoms with E-state index in [4.69, 9.17) is 17.4 Å². The second kappa shape index (κ2) is 11.3. The first-order valence-electron chi connectivity index (χ1n) is 12.0. The number of piperidine rings is 1. The largest absolute Gasteiger partial charge is 0.466 e. The van der Waals surface area contributed by atoms with Gasteiger partial charge in [-0.15, -0.1) is 0 Å². The molecule has 0 spiro atoms. The number of ketones is 1. The van der Waals surface area contributed by atoms with Gasteiger partial charge in [-0.2, -0.15) is 17.7 Å². The highest BCUT2D eigenvalue weighted by molar-refractivity contribution is 7.81. The first kappa shape index (κ1) is 24.7. The van der Waals surface area contributed by atoms with E-state index in [0.717, 1.165) is 30.4 Å². The number of benzene rings is 1. The van der Waals surface area contributed by atoms with Gasteiger partial charge < -0.3 is 4.74 Å². The number of aromatic nitrogens is 2. The van der Waals surface area contributed by atoms with Crippen LogP contribution < -0.4 is 0 Å². The Bertz CT molecular complexity index is 1050. The molecule has 1 aliphatic heterocycles. The summed E-state index contributed by atoms with van der Waals surface area (Å²) >= 11 is 4.77. The minimum absolute atomic E-state index is 0.0443. The van der Waals surface area contributed by atoms with E-state index < -0.39 is 6.04 Å². The smallest absolute Gasteiger partial charge is 0.306 e. The van der Waals surface area contributed by atoms with Gasteiger partial charge in [0.2, 0.25) is 0 Å². The predicted molar refractivity (Wildman–Crippen MR) is 131 cm³/mol. The van der Waals surface area contributed by atoms with Gasteiger partial charge in [0.1, 0.15) is 5.82 Å². The molecule has 1 aromatic heterocycles. The van der Waals surface area contributed by atoms with Crippen molar-refractivity contribution < 1.29 is 18.7 Å². The molecule has 1 aromatic carbocycles. The number of halogens is 1. The fourth-order valence-corrected chi connectivity index (χ4v) is 4.76. The SMILES string of the molecule is CCOC(=O)CCc1cnn(C/C=C2\CN(C(C(=O)C3CC3)c3ccccc3F)CCC2S)c1. The maximum atomic E-state index is 14.7. The van der Waals surface area contributed by atoms with Gasteiger partial charge in [0.15, 0.2) is 5.78 Å². The Kier molecular flexibility index (Phi) is 8.21. The molecule has 1 saturated heterocycles. The molecule has 6 nitrogen and oxygen atoms in total. The van der Waals surface area contributed by atoms with Crippen molar-refractivity contribution in [1.82, 2.24) is 14.7 Å². The highest BCUT2D eigenvalue weighted by Crippen LogP contribution is 2.39. The number of hydrogen-bond acceptors (Lipinski definition) is 6. The number of carbonyl (C=O) groups is 2. The summed E-state index contributed by atoms with van der Waals surface area (Å²) in [7, 11) is 0. The Morgan fingerprint density at radius 3 is 2.82 bits per heavy atom. The summed E-state index contributed by atoms with van der Waals surface area (Å²) < 4.78 is 21.5. The molecule has 0 radical (unpaired) electrons. The van der Waals surface area contributed by atoms with Crippen molar-refractivity contribution in [1.29, 1.82) is 0 Å². The van der Waals surface area contributed by atoms with Crippen molar-refractivity contribution in [3.63, 3.8) is 0 Å². The molecule has 0 amide bonds. The van der Waals surface area contributed by atoms with Crippen LogP contribution in [0.1, 0.15) is 49.8 Å². The first-order valence-corrected chi connectivity index (χ1v) is 12.5. The lowest BCUT2D eigenvalue weighted by Gasteiger charge is -2.37. The molecule has 0 bridgehead atoms. The molecular formula is C26H32FN3O3S. The van der Waals surface area contributed by atoms with Gasteiger partial charge in [-0.25, -0.2) is 4.39 Å². The monoisotopic (exact) mass is 485 g/mol. The van der Waals surface area contributed by atoms with Crippen LogP contribution in [0.25, 0.3) is 0 Å². The van der Waals surface area contributed by atoms with Crippen LogP contribution in [0.15, 0.2) is 48.3 Å². The normalized spacial score (nSPS) is 20.9. The molecule has 2 unspecified atom stereocenters. The van der Waals surface area contributed by atoms with Crippen molar-refractivity contribution in [2.24, 2.45) is 5.92 Å². The van der Waals surface area contributed by atoms with E-state index in [2.05, 4.69) is 16.1 Å². The quantitative estimate of drug-likeness (QED) is 0.311. The summed E-state index contributed by atoms with van der Waals surface area (Å²) in [6, 6.07) is 6.07. The van der Waals surface area contributed by atoms with E-state index >= 15 is 0 Å². The highest BCUT2D eigenvalue weighted by Gasteiger charge is 2.40. The van der Waals surface area contributed by atoms with Gasteiger partial charge in [0, 0.05) is 42.4 Å². The summed E-state index contributed by atoms with van der Waals surface area (Å²) in [5, 5.41) is 4.49. The lowest BCUT2D eigenvalue weighted by atomic mass is 9.93. The van der Waals surface area contributed by atoms with Crippen molar-refractivity contribution in [2.45, 2.75) is 56.9 Å². The topological polar surface area (TPSA) is 64.4 Å². The third kappa shape index (κ3) is 6.16. The summed E-state index contributed by atoms with van der Waals surface area (Å²) in [5.41, 5.74) is 2.56. The van der Waals surface area contributed by atoms with Crippen LogP contribution in [-0.2, 0) is 27.3 Å². The summed E-state index contributed by atoms with van der Waals surface area (Å²) in [6.07, 6.45) is 9.32. The van der Waals surface area contributed by atoms with Gasteiger partial charge in [-0.05, 0) is 49.8 Å². The molecule has 182 valence electrons. The number of carbonyl (C=O) groups excluding carboxylic acids is 2. The van der Waals surface area contributed by atoms with E-state index in [1.54, 1.807) is 31.3 Å². The van der Waals surface area contributed by atoms with Gasteiger partial charge >= 0.3 is 5.97 Å². The molecule has 2 fully saturated rings. The van der Waals surface area contributed by atoms with Gasteiger partial charge in [-0.1, -0.05) is 24.3 Å². The maximum absolute atomic E-state index is 14.7. The van der Waals surface area contributed by atoms with Gasteiger partial charge in [0.25, 0.3) is 0 Å². The molecular weight excluding hydrogens is 453 g/mol. The van der Waals surface area contributed by atoms with E-state index in [1.807, 2.05) is 10.9 Å². The van der Waals surface area contributed by atoms with Crippen LogP contribution in [0.2, 0.25) is 0 Å². The predicted octanol–water partition coefficient (Wildman–Crippen LogP) is 4.17. The van der Waals surface area contributed by atoms with Crippen LogP contribution in [0.3, 0.4) is 0 Å². The Morgan fingerprint density at radius 2 is 2.09 bits per heavy atom. The van der Waals surface area contributed by atoms with Crippen molar-refractivity contribution in [3.8, 4) is 0 Å². The van der Waals surface area contributed by atoms with Crippen LogP contribution in [0.4, 0.5) is 4.39 Å². The Morgan fingerprint density at radius 1 is 1.29 bits per heavy atom. The van der Waals surface area contributed by atoms with Crippen molar-refractivity contribution >= 4 is 24.4 Å². The number of rotatable bonds is 10. The maximum Gasteiger partial charge on any atom is 0.306 e.